The molecule has 0 spiro atoms. The van der Waals surface area contributed by atoms with Crippen LogP contribution in [0, 0.1) is 0 Å². The Morgan fingerprint density at radius 1 is 1.14 bits per heavy atom. The first-order valence-corrected chi connectivity index (χ1v) is 9.66. The van der Waals surface area contributed by atoms with Crippen LogP contribution in [0.1, 0.15) is 24.8 Å². The summed E-state index contributed by atoms with van der Waals surface area (Å²) in [6, 6.07) is 13.6. The van der Waals surface area contributed by atoms with Gasteiger partial charge in [0.25, 0.3) is 0 Å². The van der Waals surface area contributed by atoms with E-state index in [0.29, 0.717) is 12.8 Å². The highest BCUT2D eigenvalue weighted by molar-refractivity contribution is 5.96. The Labute approximate surface area is 164 Å². The fourth-order valence-electron chi connectivity index (χ4n) is 3.68. The van der Waals surface area contributed by atoms with Gasteiger partial charge in [0, 0.05) is 30.6 Å². The summed E-state index contributed by atoms with van der Waals surface area (Å²) >= 11 is 0. The number of hydrogen-bond acceptors (Lipinski definition) is 5. The summed E-state index contributed by atoms with van der Waals surface area (Å²) in [7, 11) is 1.65. The maximum absolute atomic E-state index is 12.5. The van der Waals surface area contributed by atoms with Crippen molar-refractivity contribution in [2.24, 2.45) is 0 Å². The molecule has 1 saturated heterocycles. The maximum Gasteiger partial charge on any atom is 0.224 e. The van der Waals surface area contributed by atoms with Crippen LogP contribution in [-0.4, -0.2) is 36.1 Å². The van der Waals surface area contributed by atoms with Crippen molar-refractivity contribution in [1.29, 1.82) is 0 Å². The van der Waals surface area contributed by atoms with Gasteiger partial charge in [-0.1, -0.05) is 18.2 Å². The van der Waals surface area contributed by atoms with Crippen LogP contribution in [0.4, 0.5) is 11.5 Å². The lowest BCUT2D eigenvalue weighted by atomic mass is 10.1. The molecule has 0 unspecified atom stereocenters. The Bertz CT molecular complexity index is 983. The van der Waals surface area contributed by atoms with Crippen molar-refractivity contribution in [2.45, 2.75) is 25.7 Å². The van der Waals surface area contributed by atoms with Gasteiger partial charge in [-0.05, 0) is 49.1 Å². The number of aromatic nitrogens is 2. The van der Waals surface area contributed by atoms with Crippen LogP contribution >= 0.6 is 0 Å². The van der Waals surface area contributed by atoms with Crippen molar-refractivity contribution >= 4 is 28.3 Å². The SMILES string of the molecule is COc1ccccc1CCC(=O)Nc1ccc2ncnc(N3CCCC3)c2c1. The second-order valence-corrected chi connectivity index (χ2v) is 6.98. The van der Waals surface area contributed by atoms with Gasteiger partial charge in [0.2, 0.25) is 5.91 Å². The second-order valence-electron chi connectivity index (χ2n) is 6.98. The standard InChI is InChI=1S/C22H24N4O2/c1-28-20-7-3-2-6-16(20)8-11-21(27)25-17-9-10-19-18(14-17)22(24-15-23-19)26-12-4-5-13-26/h2-3,6-7,9-10,14-15H,4-5,8,11-13H2,1H3,(H,25,27). The summed E-state index contributed by atoms with van der Waals surface area (Å²) in [6.07, 6.45) is 5.01. The minimum Gasteiger partial charge on any atom is -0.496 e. The lowest BCUT2D eigenvalue weighted by Gasteiger charge is -2.18. The molecule has 1 fully saturated rings. The van der Waals surface area contributed by atoms with Crippen LogP contribution in [0.5, 0.6) is 5.75 Å². The number of aryl methyl sites for hydroxylation is 1. The topological polar surface area (TPSA) is 67.3 Å². The molecule has 2 heterocycles. The highest BCUT2D eigenvalue weighted by atomic mass is 16.5. The third-order valence-corrected chi connectivity index (χ3v) is 5.12. The molecule has 1 amide bonds. The maximum atomic E-state index is 12.5. The number of nitrogens with zero attached hydrogens (tertiary/aromatic N) is 3. The molecule has 2 aromatic carbocycles. The first-order chi connectivity index (χ1) is 13.7. The van der Waals surface area contributed by atoms with E-state index in [0.717, 1.165) is 46.8 Å². The van der Waals surface area contributed by atoms with E-state index in [2.05, 4.69) is 20.2 Å². The van der Waals surface area contributed by atoms with Crippen LogP contribution in [0.15, 0.2) is 48.8 Å². The van der Waals surface area contributed by atoms with Gasteiger partial charge >= 0.3 is 0 Å². The average Bonchev–Trinajstić information content (AvgIpc) is 3.26. The van der Waals surface area contributed by atoms with Gasteiger partial charge < -0.3 is 15.0 Å². The van der Waals surface area contributed by atoms with Crippen LogP contribution in [0.2, 0.25) is 0 Å². The second kappa shape index (κ2) is 8.25. The first kappa shape index (κ1) is 18.2. The minimum absolute atomic E-state index is 0.0233. The van der Waals surface area contributed by atoms with Gasteiger partial charge in [-0.25, -0.2) is 9.97 Å². The van der Waals surface area contributed by atoms with Gasteiger partial charge in [0.15, 0.2) is 0 Å². The Balaban J connectivity index is 1.48. The van der Waals surface area contributed by atoms with E-state index in [1.807, 2.05) is 42.5 Å². The minimum atomic E-state index is -0.0233. The molecule has 0 bridgehead atoms. The molecule has 6 heteroatoms. The predicted octanol–water partition coefficient (Wildman–Crippen LogP) is 3.81. The summed E-state index contributed by atoms with van der Waals surface area (Å²) in [4.78, 5) is 23.6. The fourth-order valence-corrected chi connectivity index (χ4v) is 3.68. The van der Waals surface area contributed by atoms with Crippen molar-refractivity contribution in [1.82, 2.24) is 9.97 Å². The highest BCUT2D eigenvalue weighted by Crippen LogP contribution is 2.28. The third kappa shape index (κ3) is 3.91. The van der Waals surface area contributed by atoms with Crippen molar-refractivity contribution in [2.75, 3.05) is 30.4 Å². The molecule has 6 nitrogen and oxygen atoms in total. The number of carbonyl (C=O) groups excluding carboxylic acids is 1. The number of carbonyl (C=O) groups is 1. The number of hydrogen-bond donors (Lipinski definition) is 1. The van der Waals surface area contributed by atoms with E-state index in [1.165, 1.54) is 12.8 Å². The molecule has 0 aliphatic carbocycles. The Morgan fingerprint density at radius 3 is 2.79 bits per heavy atom. The first-order valence-electron chi connectivity index (χ1n) is 9.66. The summed E-state index contributed by atoms with van der Waals surface area (Å²) < 4.78 is 5.36. The molecule has 3 aromatic rings. The lowest BCUT2D eigenvalue weighted by molar-refractivity contribution is -0.116. The van der Waals surface area contributed by atoms with Crippen molar-refractivity contribution in [3.8, 4) is 5.75 Å². The zero-order chi connectivity index (χ0) is 19.3. The van der Waals surface area contributed by atoms with Gasteiger partial charge in [0.05, 0.1) is 12.6 Å². The number of fused-ring (bicyclic) bond motifs is 1. The van der Waals surface area contributed by atoms with Gasteiger partial charge in [-0.2, -0.15) is 0 Å². The molecule has 1 aliphatic heterocycles. The van der Waals surface area contributed by atoms with E-state index in [1.54, 1.807) is 13.4 Å². The number of para-hydroxylation sites is 1. The van der Waals surface area contributed by atoms with E-state index >= 15 is 0 Å². The molecule has 4 rings (SSSR count). The van der Waals surface area contributed by atoms with Crippen LogP contribution in [0.3, 0.4) is 0 Å². The average molecular weight is 376 g/mol. The molecule has 0 saturated carbocycles. The Hall–Kier alpha value is -3.15. The number of anilines is 2. The van der Waals surface area contributed by atoms with Gasteiger partial charge in [0.1, 0.15) is 17.9 Å². The van der Waals surface area contributed by atoms with E-state index < -0.39 is 0 Å². The van der Waals surface area contributed by atoms with Crippen molar-refractivity contribution in [3.05, 3.63) is 54.4 Å². The third-order valence-electron chi connectivity index (χ3n) is 5.12. The molecular weight excluding hydrogens is 352 g/mol. The zero-order valence-electron chi connectivity index (χ0n) is 16.0. The fraction of sp³-hybridized carbons (Fsp3) is 0.318. The number of benzene rings is 2. The summed E-state index contributed by atoms with van der Waals surface area (Å²) in [5.41, 5.74) is 2.69. The van der Waals surface area contributed by atoms with E-state index in [9.17, 15) is 4.79 Å². The van der Waals surface area contributed by atoms with E-state index in [4.69, 9.17) is 4.74 Å². The predicted molar refractivity (Wildman–Crippen MR) is 111 cm³/mol. The van der Waals surface area contributed by atoms with Crippen LogP contribution < -0.4 is 15.0 Å². The van der Waals surface area contributed by atoms with Crippen molar-refractivity contribution < 1.29 is 9.53 Å². The molecule has 0 radical (unpaired) electrons. The largest absolute Gasteiger partial charge is 0.496 e. The zero-order valence-corrected chi connectivity index (χ0v) is 16.0. The molecule has 1 aliphatic rings. The van der Waals surface area contributed by atoms with E-state index in [-0.39, 0.29) is 5.91 Å². The number of methoxy groups -OCH3 is 1. The Kier molecular flexibility index (Phi) is 5.37. The molecule has 144 valence electrons. The molecule has 0 atom stereocenters. The van der Waals surface area contributed by atoms with Crippen LogP contribution in [0.25, 0.3) is 10.9 Å². The quantitative estimate of drug-likeness (QED) is 0.709. The summed E-state index contributed by atoms with van der Waals surface area (Å²) in [5.74, 6) is 1.74. The molecule has 1 N–H and O–H groups in total. The number of amides is 1. The van der Waals surface area contributed by atoms with Gasteiger partial charge in [-0.15, -0.1) is 0 Å². The Morgan fingerprint density at radius 2 is 1.96 bits per heavy atom. The van der Waals surface area contributed by atoms with Crippen LogP contribution in [-0.2, 0) is 11.2 Å². The summed E-state index contributed by atoms with van der Waals surface area (Å²) in [5, 5.41) is 3.98. The van der Waals surface area contributed by atoms with Crippen molar-refractivity contribution in [3.63, 3.8) is 0 Å². The van der Waals surface area contributed by atoms with Gasteiger partial charge in [-0.3, -0.25) is 4.79 Å². The molecule has 1 aromatic heterocycles. The number of rotatable bonds is 6. The highest BCUT2D eigenvalue weighted by Gasteiger charge is 2.17. The molecular formula is C22H24N4O2. The lowest BCUT2D eigenvalue weighted by Crippen LogP contribution is -2.19. The molecule has 28 heavy (non-hydrogen) atoms. The monoisotopic (exact) mass is 376 g/mol. The summed E-state index contributed by atoms with van der Waals surface area (Å²) in [6.45, 7) is 2.03. The smallest absolute Gasteiger partial charge is 0.224 e. The number of nitrogens with one attached hydrogen (secondary N) is 1. The number of ether oxygens (including phenoxy) is 1. The normalized spacial score (nSPS) is 13.7.